The molecule has 5 nitrogen and oxygen atoms in total. The Kier molecular flexibility index (Phi) is 5.85. The molecule has 0 fully saturated rings. The van der Waals surface area contributed by atoms with Crippen molar-refractivity contribution < 1.29 is 4.79 Å². The van der Waals surface area contributed by atoms with E-state index in [9.17, 15) is 4.79 Å². The molecule has 0 aliphatic carbocycles. The van der Waals surface area contributed by atoms with Crippen molar-refractivity contribution in [2.45, 2.75) is 39.8 Å². The van der Waals surface area contributed by atoms with Crippen LogP contribution >= 0.6 is 0 Å². The molecule has 0 saturated carbocycles. The zero-order chi connectivity index (χ0) is 13.5. The van der Waals surface area contributed by atoms with Gasteiger partial charge in [-0.2, -0.15) is 5.10 Å². The minimum atomic E-state index is 0.110. The zero-order valence-electron chi connectivity index (χ0n) is 11.8. The van der Waals surface area contributed by atoms with Gasteiger partial charge in [0.1, 0.15) is 0 Å². The molecular weight excluding hydrogens is 228 g/mol. The third-order valence-electron chi connectivity index (χ3n) is 3.19. The van der Waals surface area contributed by atoms with Crippen molar-refractivity contribution in [1.82, 2.24) is 20.0 Å². The van der Waals surface area contributed by atoms with E-state index in [4.69, 9.17) is 0 Å². The molecule has 1 N–H and O–H groups in total. The molecule has 1 aromatic rings. The lowest BCUT2D eigenvalue weighted by Gasteiger charge is -2.14. The van der Waals surface area contributed by atoms with Crippen molar-refractivity contribution in [3.8, 4) is 0 Å². The van der Waals surface area contributed by atoms with Gasteiger partial charge < -0.3 is 10.2 Å². The fourth-order valence-electron chi connectivity index (χ4n) is 1.51. The third kappa shape index (κ3) is 4.14. The molecule has 0 bridgehead atoms. The number of nitrogens with one attached hydrogen (secondary N) is 1. The molecule has 1 unspecified atom stereocenters. The van der Waals surface area contributed by atoms with Crippen molar-refractivity contribution in [1.29, 1.82) is 0 Å². The number of aromatic nitrogens is 2. The van der Waals surface area contributed by atoms with Gasteiger partial charge in [0.2, 0.25) is 5.91 Å². The fraction of sp³-hybridized carbons (Fsp3) is 0.692. The molecule has 0 saturated heterocycles. The number of carbonyl (C=O) groups is 1. The summed E-state index contributed by atoms with van der Waals surface area (Å²) in [6, 6.07) is 2.42. The summed E-state index contributed by atoms with van der Waals surface area (Å²) in [5.41, 5.74) is 0.974. The monoisotopic (exact) mass is 252 g/mol. The van der Waals surface area contributed by atoms with Crippen molar-refractivity contribution in [3.05, 3.63) is 18.0 Å². The molecule has 0 radical (unpaired) electrons. The van der Waals surface area contributed by atoms with Crippen LogP contribution in [0.3, 0.4) is 0 Å². The third-order valence-corrected chi connectivity index (χ3v) is 3.19. The Morgan fingerprint density at radius 3 is 2.89 bits per heavy atom. The molecule has 1 rings (SSSR count). The van der Waals surface area contributed by atoms with Crippen LogP contribution in [-0.2, 0) is 11.3 Å². The van der Waals surface area contributed by atoms with Crippen molar-refractivity contribution in [2.24, 2.45) is 0 Å². The van der Waals surface area contributed by atoms with Gasteiger partial charge >= 0.3 is 0 Å². The topological polar surface area (TPSA) is 50.2 Å². The van der Waals surface area contributed by atoms with E-state index in [-0.39, 0.29) is 5.91 Å². The van der Waals surface area contributed by atoms with Gasteiger partial charge in [0.15, 0.2) is 0 Å². The fourth-order valence-corrected chi connectivity index (χ4v) is 1.51. The second-order valence-corrected chi connectivity index (χ2v) is 4.56. The molecule has 1 aromatic heterocycles. The van der Waals surface area contributed by atoms with Crippen LogP contribution in [0.25, 0.3) is 0 Å². The second-order valence-electron chi connectivity index (χ2n) is 4.56. The smallest absolute Gasteiger partial charge is 0.236 e. The van der Waals surface area contributed by atoms with Gasteiger partial charge in [-0.05, 0) is 26.3 Å². The predicted octanol–water partition coefficient (Wildman–Crippen LogP) is 1.42. The SMILES string of the molecule is CCC(C)n1ccc(CNCC(=O)N(C)CC)n1. The predicted molar refractivity (Wildman–Crippen MR) is 72.2 cm³/mol. The van der Waals surface area contributed by atoms with Crippen LogP contribution in [0.5, 0.6) is 0 Å². The van der Waals surface area contributed by atoms with Crippen LogP contribution in [0.15, 0.2) is 12.3 Å². The number of hydrogen-bond donors (Lipinski definition) is 1. The Morgan fingerprint density at radius 2 is 2.28 bits per heavy atom. The van der Waals surface area contributed by atoms with Crippen LogP contribution in [0.2, 0.25) is 0 Å². The lowest BCUT2D eigenvalue weighted by molar-refractivity contribution is -0.128. The summed E-state index contributed by atoms with van der Waals surface area (Å²) >= 11 is 0. The van der Waals surface area contributed by atoms with E-state index >= 15 is 0 Å². The number of likely N-dealkylation sites (N-methyl/N-ethyl adjacent to an activating group) is 1. The molecule has 1 atom stereocenters. The number of rotatable bonds is 7. The maximum atomic E-state index is 11.6. The standard InChI is InChI=1S/C13H24N4O/c1-5-11(3)17-8-7-12(15-17)9-14-10-13(18)16(4)6-2/h7-8,11,14H,5-6,9-10H2,1-4H3. The number of amides is 1. The molecule has 0 aliphatic heterocycles. The van der Waals surface area contributed by atoms with E-state index in [1.165, 1.54) is 0 Å². The number of nitrogens with zero attached hydrogens (tertiary/aromatic N) is 3. The van der Waals surface area contributed by atoms with Crippen LogP contribution in [0.4, 0.5) is 0 Å². The summed E-state index contributed by atoms with van der Waals surface area (Å²) in [6.07, 6.45) is 3.06. The maximum Gasteiger partial charge on any atom is 0.236 e. The summed E-state index contributed by atoms with van der Waals surface area (Å²) in [4.78, 5) is 13.3. The van der Waals surface area contributed by atoms with Gasteiger partial charge in [0.25, 0.3) is 0 Å². The van der Waals surface area contributed by atoms with Gasteiger partial charge in [-0.3, -0.25) is 9.48 Å². The van der Waals surface area contributed by atoms with E-state index in [0.717, 1.165) is 18.7 Å². The summed E-state index contributed by atoms with van der Waals surface area (Å²) in [5, 5.41) is 7.59. The molecule has 18 heavy (non-hydrogen) atoms. The Labute approximate surface area is 109 Å². The van der Waals surface area contributed by atoms with Gasteiger partial charge in [-0.25, -0.2) is 0 Å². The highest BCUT2D eigenvalue weighted by atomic mass is 16.2. The highest BCUT2D eigenvalue weighted by Crippen LogP contribution is 2.08. The Bertz CT molecular complexity index is 375. The molecule has 1 amide bonds. The zero-order valence-corrected chi connectivity index (χ0v) is 11.8. The van der Waals surface area contributed by atoms with Crippen molar-refractivity contribution >= 4 is 5.91 Å². The summed E-state index contributed by atoms with van der Waals surface area (Å²) < 4.78 is 1.97. The van der Waals surface area contributed by atoms with Crippen LogP contribution in [-0.4, -0.2) is 40.7 Å². The second kappa shape index (κ2) is 7.16. The molecular formula is C13H24N4O. The summed E-state index contributed by atoms with van der Waals surface area (Å²) in [7, 11) is 1.81. The lowest BCUT2D eigenvalue weighted by atomic mass is 10.3. The first kappa shape index (κ1) is 14.7. The molecule has 0 aromatic carbocycles. The van der Waals surface area contributed by atoms with Crippen molar-refractivity contribution in [2.75, 3.05) is 20.1 Å². The van der Waals surface area contributed by atoms with E-state index < -0.39 is 0 Å². The lowest BCUT2D eigenvalue weighted by Crippen LogP contribution is -2.35. The largest absolute Gasteiger partial charge is 0.345 e. The molecule has 0 aliphatic rings. The molecule has 0 spiro atoms. The highest BCUT2D eigenvalue weighted by Gasteiger charge is 2.07. The first-order valence-corrected chi connectivity index (χ1v) is 6.57. The van der Waals surface area contributed by atoms with Gasteiger partial charge in [-0.15, -0.1) is 0 Å². The minimum absolute atomic E-state index is 0.110. The number of carbonyl (C=O) groups excluding carboxylic acids is 1. The van der Waals surface area contributed by atoms with Crippen LogP contribution in [0, 0.1) is 0 Å². The Hall–Kier alpha value is -1.36. The summed E-state index contributed by atoms with van der Waals surface area (Å²) in [6.45, 7) is 7.98. The Balaban J connectivity index is 2.36. The first-order valence-electron chi connectivity index (χ1n) is 6.57. The maximum absolute atomic E-state index is 11.6. The van der Waals surface area contributed by atoms with Crippen molar-refractivity contribution in [3.63, 3.8) is 0 Å². The first-order chi connectivity index (χ1) is 8.58. The van der Waals surface area contributed by atoms with E-state index in [2.05, 4.69) is 24.3 Å². The van der Waals surface area contributed by atoms with Gasteiger partial charge in [0.05, 0.1) is 12.2 Å². The van der Waals surface area contributed by atoms with Crippen LogP contribution < -0.4 is 5.32 Å². The quantitative estimate of drug-likeness (QED) is 0.798. The van der Waals surface area contributed by atoms with Gasteiger partial charge in [-0.1, -0.05) is 6.92 Å². The van der Waals surface area contributed by atoms with E-state index in [1.54, 1.807) is 4.90 Å². The summed E-state index contributed by atoms with van der Waals surface area (Å²) in [5.74, 6) is 0.110. The molecule has 5 heteroatoms. The molecule has 1 heterocycles. The Morgan fingerprint density at radius 1 is 1.56 bits per heavy atom. The minimum Gasteiger partial charge on any atom is -0.345 e. The van der Waals surface area contributed by atoms with E-state index in [0.29, 0.717) is 19.1 Å². The average molecular weight is 252 g/mol. The number of hydrogen-bond acceptors (Lipinski definition) is 3. The average Bonchev–Trinajstić information content (AvgIpc) is 2.85. The molecule has 102 valence electrons. The van der Waals surface area contributed by atoms with Gasteiger partial charge in [0, 0.05) is 32.4 Å². The normalized spacial score (nSPS) is 12.4. The highest BCUT2D eigenvalue weighted by molar-refractivity contribution is 5.77. The van der Waals surface area contributed by atoms with Crippen LogP contribution in [0.1, 0.15) is 38.9 Å². The van der Waals surface area contributed by atoms with E-state index in [1.807, 2.05) is 30.9 Å².